The van der Waals surface area contributed by atoms with Crippen molar-refractivity contribution in [3.05, 3.63) is 90.0 Å². The molecule has 1 aliphatic rings. The lowest BCUT2D eigenvalue weighted by atomic mass is 9.95. The van der Waals surface area contributed by atoms with Gasteiger partial charge in [0.15, 0.2) is 0 Å². The number of carbonyl (C=O) groups excluding carboxylic acids is 1. The number of alkyl halides is 2. The van der Waals surface area contributed by atoms with E-state index in [9.17, 15) is 9.18 Å². The highest BCUT2D eigenvalue weighted by Gasteiger charge is 2.75. The van der Waals surface area contributed by atoms with E-state index in [1.54, 1.807) is 30.3 Å². The molecule has 0 saturated heterocycles. The molecular formula is C25H22ClFO4. The van der Waals surface area contributed by atoms with Crippen LogP contribution in [0.25, 0.3) is 0 Å². The zero-order valence-electron chi connectivity index (χ0n) is 17.0. The van der Waals surface area contributed by atoms with E-state index >= 15 is 0 Å². The Bertz CT molecular complexity index is 1050. The van der Waals surface area contributed by atoms with Crippen LogP contribution in [0.1, 0.15) is 24.5 Å². The number of hydrogen-bond acceptors (Lipinski definition) is 4. The van der Waals surface area contributed by atoms with Crippen LogP contribution in [-0.4, -0.2) is 17.7 Å². The molecule has 1 saturated carbocycles. The summed E-state index contributed by atoms with van der Waals surface area (Å²) in [5, 5.41) is -2.17. The lowest BCUT2D eigenvalue weighted by molar-refractivity contribution is -0.149. The van der Waals surface area contributed by atoms with Crippen LogP contribution in [0.2, 0.25) is 0 Å². The van der Waals surface area contributed by atoms with Gasteiger partial charge in [0.2, 0.25) is 5.13 Å². The second-order valence-electron chi connectivity index (χ2n) is 7.38. The van der Waals surface area contributed by atoms with Crippen LogP contribution >= 0.6 is 11.6 Å². The van der Waals surface area contributed by atoms with E-state index in [2.05, 4.69) is 0 Å². The molecule has 4 nitrogen and oxygen atoms in total. The van der Waals surface area contributed by atoms with Crippen LogP contribution in [0.4, 0.5) is 4.39 Å². The third kappa shape index (κ3) is 4.37. The average Bonchev–Trinajstić information content (AvgIpc) is 3.37. The molecule has 1 aliphatic carbocycles. The van der Waals surface area contributed by atoms with Crippen molar-refractivity contribution >= 4 is 17.6 Å². The van der Waals surface area contributed by atoms with Crippen LogP contribution in [-0.2, 0) is 21.6 Å². The largest absolute Gasteiger partial charge is 0.494 e. The summed E-state index contributed by atoms with van der Waals surface area (Å²) in [5.41, 5.74) is -0.319. The molecule has 0 radical (unpaired) electrons. The van der Waals surface area contributed by atoms with Crippen molar-refractivity contribution in [1.29, 1.82) is 0 Å². The molecule has 0 aliphatic heterocycles. The number of rotatable bonds is 8. The molecule has 2 atom stereocenters. The first kappa shape index (κ1) is 21.2. The topological polar surface area (TPSA) is 44.8 Å². The Kier molecular flexibility index (Phi) is 5.88. The van der Waals surface area contributed by atoms with Crippen LogP contribution in [0.15, 0.2) is 78.9 Å². The molecule has 0 amide bonds. The summed E-state index contributed by atoms with van der Waals surface area (Å²) in [5.74, 6) is 1.27. The zero-order chi connectivity index (χ0) is 21.9. The number of esters is 1. The number of halogens is 2. The third-order valence-corrected chi connectivity index (χ3v) is 5.70. The first-order valence-electron chi connectivity index (χ1n) is 10.0. The Morgan fingerprint density at radius 3 is 2.29 bits per heavy atom. The first-order chi connectivity index (χ1) is 14.9. The van der Waals surface area contributed by atoms with Crippen LogP contribution in [0.3, 0.4) is 0 Å². The molecule has 0 aromatic heterocycles. The molecule has 1 fully saturated rings. The Balaban J connectivity index is 1.45. The molecule has 0 spiro atoms. The van der Waals surface area contributed by atoms with E-state index in [1.165, 1.54) is 0 Å². The maximum Gasteiger partial charge on any atom is 0.321 e. The fraction of sp³-hybridized carbons (Fsp3) is 0.240. The van der Waals surface area contributed by atoms with Gasteiger partial charge in [-0.15, -0.1) is 0 Å². The monoisotopic (exact) mass is 440 g/mol. The van der Waals surface area contributed by atoms with Gasteiger partial charge in [-0.25, -0.2) is 4.39 Å². The molecule has 160 valence electrons. The Labute approximate surface area is 185 Å². The fourth-order valence-corrected chi connectivity index (χ4v) is 3.93. The van der Waals surface area contributed by atoms with E-state index in [0.717, 1.165) is 5.56 Å². The quantitative estimate of drug-likeness (QED) is 0.310. The van der Waals surface area contributed by atoms with E-state index in [-0.39, 0.29) is 13.0 Å². The van der Waals surface area contributed by atoms with Gasteiger partial charge in [0, 0.05) is 6.42 Å². The van der Waals surface area contributed by atoms with Gasteiger partial charge in [0.05, 0.1) is 6.61 Å². The average molecular weight is 441 g/mol. The summed E-state index contributed by atoms with van der Waals surface area (Å²) in [6.07, 6.45) is -0.133. The van der Waals surface area contributed by atoms with E-state index in [1.807, 2.05) is 55.5 Å². The normalized spacial score (nSPS) is 21.9. The van der Waals surface area contributed by atoms with Crippen molar-refractivity contribution in [3.8, 4) is 17.2 Å². The molecule has 2 unspecified atom stereocenters. The molecule has 3 aromatic rings. The number of para-hydroxylation sites is 1. The smallest absolute Gasteiger partial charge is 0.321 e. The van der Waals surface area contributed by atoms with Gasteiger partial charge in [-0.1, -0.05) is 54.1 Å². The third-order valence-electron chi connectivity index (χ3n) is 5.24. The van der Waals surface area contributed by atoms with Crippen molar-refractivity contribution in [2.75, 3.05) is 6.61 Å². The van der Waals surface area contributed by atoms with Gasteiger partial charge in [0.25, 0.3) is 0 Å². The van der Waals surface area contributed by atoms with Gasteiger partial charge in [0.1, 0.15) is 29.3 Å². The second-order valence-corrected chi connectivity index (χ2v) is 7.98. The maximum absolute atomic E-state index is 14.7. The predicted octanol–water partition coefficient (Wildman–Crippen LogP) is 6.17. The Hall–Kier alpha value is -3.05. The summed E-state index contributed by atoms with van der Waals surface area (Å²) in [4.78, 5) is 12.9. The number of carbonyl (C=O) groups is 1. The van der Waals surface area contributed by atoms with Gasteiger partial charge in [-0.3, -0.25) is 4.79 Å². The number of hydrogen-bond donors (Lipinski definition) is 0. The number of benzene rings is 3. The van der Waals surface area contributed by atoms with Gasteiger partial charge < -0.3 is 14.2 Å². The van der Waals surface area contributed by atoms with Crippen molar-refractivity contribution in [1.82, 2.24) is 0 Å². The summed E-state index contributed by atoms with van der Waals surface area (Å²) in [6, 6.07) is 23.3. The maximum atomic E-state index is 14.7. The molecule has 31 heavy (non-hydrogen) atoms. The standard InChI is InChI=1S/C25H22ClFO4/c1-2-29-20-13-11-19(12-14-20)24(17-25(24,26)27)23(28)30-16-18-7-6-10-22(15-18)31-21-8-4-3-5-9-21/h3-15H,2,16-17H2,1H3. The second kappa shape index (κ2) is 8.60. The highest BCUT2D eigenvalue weighted by molar-refractivity contribution is 6.29. The Morgan fingerprint density at radius 1 is 0.968 bits per heavy atom. The van der Waals surface area contributed by atoms with Crippen molar-refractivity contribution in [2.45, 2.75) is 30.5 Å². The molecule has 6 heteroatoms. The zero-order valence-corrected chi connectivity index (χ0v) is 17.8. The minimum absolute atomic E-state index is 0.0173. The van der Waals surface area contributed by atoms with Gasteiger partial charge in [-0.2, -0.15) is 0 Å². The number of ether oxygens (including phenoxy) is 3. The van der Waals surface area contributed by atoms with E-state index in [0.29, 0.717) is 29.4 Å². The van der Waals surface area contributed by atoms with Crippen molar-refractivity contribution < 1.29 is 23.4 Å². The van der Waals surface area contributed by atoms with E-state index < -0.39 is 16.5 Å². The van der Waals surface area contributed by atoms with Crippen molar-refractivity contribution in [2.24, 2.45) is 0 Å². The lowest BCUT2D eigenvalue weighted by Crippen LogP contribution is -2.29. The van der Waals surface area contributed by atoms with Crippen molar-refractivity contribution in [3.63, 3.8) is 0 Å². The van der Waals surface area contributed by atoms with Crippen LogP contribution < -0.4 is 9.47 Å². The fourth-order valence-electron chi connectivity index (χ4n) is 3.54. The van der Waals surface area contributed by atoms with Crippen LogP contribution in [0, 0.1) is 0 Å². The summed E-state index contributed by atoms with van der Waals surface area (Å²) < 4.78 is 31.4. The highest BCUT2D eigenvalue weighted by atomic mass is 35.5. The first-order valence-corrected chi connectivity index (χ1v) is 10.4. The summed E-state index contributed by atoms with van der Waals surface area (Å²) >= 11 is 5.97. The molecule has 4 rings (SSSR count). The molecule has 0 N–H and O–H groups in total. The van der Waals surface area contributed by atoms with Crippen LogP contribution in [0.5, 0.6) is 17.2 Å². The lowest BCUT2D eigenvalue weighted by Gasteiger charge is -2.17. The predicted molar refractivity (Wildman–Crippen MR) is 116 cm³/mol. The van der Waals surface area contributed by atoms with E-state index in [4.69, 9.17) is 25.8 Å². The molecule has 0 bridgehead atoms. The minimum atomic E-state index is -2.17. The minimum Gasteiger partial charge on any atom is -0.494 e. The molecule has 3 aromatic carbocycles. The highest BCUT2D eigenvalue weighted by Crippen LogP contribution is 2.64. The van der Waals surface area contributed by atoms with Gasteiger partial charge in [-0.05, 0) is 54.4 Å². The van der Waals surface area contributed by atoms with Gasteiger partial charge >= 0.3 is 5.97 Å². The Morgan fingerprint density at radius 2 is 1.65 bits per heavy atom. The summed E-state index contributed by atoms with van der Waals surface area (Å²) in [7, 11) is 0. The SMILES string of the molecule is CCOc1ccc(C2(C(=O)OCc3cccc(Oc4ccccc4)c3)CC2(F)Cl)cc1. The summed E-state index contributed by atoms with van der Waals surface area (Å²) in [6.45, 7) is 2.37. The molecule has 0 heterocycles. The molecular weight excluding hydrogens is 419 g/mol.